The van der Waals surface area contributed by atoms with E-state index in [2.05, 4.69) is 6.92 Å². The molecule has 0 aromatic rings. The van der Waals surface area contributed by atoms with Crippen LogP contribution in [0.1, 0.15) is 64.7 Å². The molecule has 0 rings (SSSR count). The maximum absolute atomic E-state index is 10.2. The lowest BCUT2D eigenvalue weighted by atomic mass is 10.1. The summed E-state index contributed by atoms with van der Waals surface area (Å²) in [5.74, 6) is -0.784. The highest BCUT2D eigenvalue weighted by molar-refractivity contribution is 5.76. The molecular formula is C12H23O2. The first-order valence-corrected chi connectivity index (χ1v) is 5.83. The Hall–Kier alpha value is -0.530. The largest absolute Gasteiger partial charge is 0.481 e. The maximum atomic E-state index is 10.2. The molecule has 0 heterocycles. The summed E-state index contributed by atoms with van der Waals surface area (Å²) >= 11 is 0. The van der Waals surface area contributed by atoms with Crippen LogP contribution < -0.4 is 0 Å². The van der Waals surface area contributed by atoms with Crippen molar-refractivity contribution < 1.29 is 9.90 Å². The van der Waals surface area contributed by atoms with E-state index in [4.69, 9.17) is 5.11 Å². The first-order chi connectivity index (χ1) is 6.77. The topological polar surface area (TPSA) is 37.3 Å². The summed E-state index contributed by atoms with van der Waals surface area (Å²) in [5, 5.41) is 8.36. The minimum atomic E-state index is -0.784. The normalized spacial score (nSPS) is 10.4. The first kappa shape index (κ1) is 13.5. The van der Waals surface area contributed by atoms with E-state index in [0.717, 1.165) is 12.8 Å². The van der Waals surface area contributed by atoms with E-state index in [1.54, 1.807) is 0 Å². The molecule has 0 aromatic heterocycles. The molecule has 0 bridgehead atoms. The van der Waals surface area contributed by atoms with Gasteiger partial charge in [0.25, 0.3) is 0 Å². The van der Waals surface area contributed by atoms with E-state index >= 15 is 0 Å². The van der Waals surface area contributed by atoms with Crippen LogP contribution in [0, 0.1) is 6.42 Å². The minimum Gasteiger partial charge on any atom is -0.481 e. The second-order valence-corrected chi connectivity index (χ2v) is 3.81. The van der Waals surface area contributed by atoms with Crippen LogP contribution >= 0.6 is 0 Å². The Balaban J connectivity index is 2.88. The van der Waals surface area contributed by atoms with E-state index in [0.29, 0.717) is 0 Å². The van der Waals surface area contributed by atoms with Gasteiger partial charge in [0.05, 0.1) is 6.42 Å². The van der Waals surface area contributed by atoms with Crippen molar-refractivity contribution in [2.75, 3.05) is 0 Å². The van der Waals surface area contributed by atoms with E-state index < -0.39 is 5.97 Å². The number of aliphatic carboxylic acids is 1. The van der Waals surface area contributed by atoms with Gasteiger partial charge in [0, 0.05) is 0 Å². The van der Waals surface area contributed by atoms with Gasteiger partial charge in [-0.15, -0.1) is 0 Å². The highest BCUT2D eigenvalue weighted by atomic mass is 16.4. The van der Waals surface area contributed by atoms with Crippen molar-refractivity contribution in [2.24, 2.45) is 0 Å². The van der Waals surface area contributed by atoms with Crippen molar-refractivity contribution in [3.05, 3.63) is 6.42 Å². The van der Waals surface area contributed by atoms with E-state index in [1.807, 2.05) is 0 Å². The van der Waals surface area contributed by atoms with Gasteiger partial charge in [0.15, 0.2) is 0 Å². The van der Waals surface area contributed by atoms with Gasteiger partial charge in [-0.3, -0.25) is 4.79 Å². The standard InChI is InChI=1S/C12H23O2/c1-2-3-4-5-6-7-8-9-10-11-12(13)14/h11H,2-10H2,1H3,(H,13,14). The van der Waals surface area contributed by atoms with Crippen molar-refractivity contribution >= 4 is 5.97 Å². The smallest absolute Gasteiger partial charge is 0.307 e. The fourth-order valence-corrected chi connectivity index (χ4v) is 1.50. The van der Waals surface area contributed by atoms with Crippen LogP contribution in [-0.4, -0.2) is 11.1 Å². The van der Waals surface area contributed by atoms with E-state index in [9.17, 15) is 4.79 Å². The molecule has 2 heteroatoms. The Morgan fingerprint density at radius 3 is 2.00 bits per heavy atom. The van der Waals surface area contributed by atoms with Gasteiger partial charge in [0.1, 0.15) is 0 Å². The lowest BCUT2D eigenvalue weighted by Gasteiger charge is -2.00. The number of unbranched alkanes of at least 4 members (excludes halogenated alkanes) is 8. The van der Waals surface area contributed by atoms with Crippen molar-refractivity contribution in [1.82, 2.24) is 0 Å². The van der Waals surface area contributed by atoms with Gasteiger partial charge in [0.2, 0.25) is 0 Å². The molecule has 0 aliphatic heterocycles. The molecule has 0 spiro atoms. The van der Waals surface area contributed by atoms with Gasteiger partial charge in [-0.2, -0.15) is 0 Å². The summed E-state index contributed by atoms with van der Waals surface area (Å²) in [6.07, 6.45) is 12.2. The summed E-state index contributed by atoms with van der Waals surface area (Å²) in [6, 6.07) is 0. The monoisotopic (exact) mass is 199 g/mol. The third kappa shape index (κ3) is 11.5. The van der Waals surface area contributed by atoms with Crippen molar-refractivity contribution in [1.29, 1.82) is 0 Å². The summed E-state index contributed by atoms with van der Waals surface area (Å²) < 4.78 is 0. The minimum absolute atomic E-state index is 0.726. The van der Waals surface area contributed by atoms with Gasteiger partial charge in [-0.25, -0.2) is 0 Å². The molecule has 0 saturated carbocycles. The van der Waals surface area contributed by atoms with Crippen molar-refractivity contribution in [3.63, 3.8) is 0 Å². The number of carbonyl (C=O) groups is 1. The Kier molecular flexibility index (Phi) is 10.2. The number of rotatable bonds is 10. The summed E-state index contributed by atoms with van der Waals surface area (Å²) in [4.78, 5) is 10.2. The van der Waals surface area contributed by atoms with Crippen LogP contribution in [0.4, 0.5) is 0 Å². The Bertz CT molecular complexity index is 132. The summed E-state index contributed by atoms with van der Waals surface area (Å²) in [7, 11) is 0. The number of carboxylic acid groups (broad SMARTS) is 1. The summed E-state index contributed by atoms with van der Waals surface area (Å²) in [5.41, 5.74) is 0. The van der Waals surface area contributed by atoms with Gasteiger partial charge >= 0.3 is 5.97 Å². The SMILES string of the molecule is CCCCCCCCCC[CH]C(=O)O. The third-order valence-electron chi connectivity index (χ3n) is 2.38. The van der Waals surface area contributed by atoms with Crippen LogP contribution in [-0.2, 0) is 4.79 Å². The molecule has 1 radical (unpaired) electrons. The molecule has 1 N–H and O–H groups in total. The molecule has 0 aliphatic rings. The highest BCUT2D eigenvalue weighted by Gasteiger charge is 1.96. The number of hydrogen-bond donors (Lipinski definition) is 1. The fourth-order valence-electron chi connectivity index (χ4n) is 1.50. The highest BCUT2D eigenvalue weighted by Crippen LogP contribution is 2.09. The van der Waals surface area contributed by atoms with E-state index in [-0.39, 0.29) is 0 Å². The average molecular weight is 199 g/mol. The second-order valence-electron chi connectivity index (χ2n) is 3.81. The van der Waals surface area contributed by atoms with Crippen LogP contribution in [0.25, 0.3) is 0 Å². The molecule has 83 valence electrons. The molecule has 0 saturated heterocycles. The zero-order valence-electron chi connectivity index (χ0n) is 9.30. The zero-order valence-corrected chi connectivity index (χ0v) is 9.30. The van der Waals surface area contributed by atoms with Crippen LogP contribution in [0.2, 0.25) is 0 Å². The predicted molar refractivity (Wildman–Crippen MR) is 59.2 cm³/mol. The maximum Gasteiger partial charge on any atom is 0.307 e. The van der Waals surface area contributed by atoms with Gasteiger partial charge in [-0.1, -0.05) is 58.3 Å². The van der Waals surface area contributed by atoms with Crippen molar-refractivity contribution in [3.8, 4) is 0 Å². The Morgan fingerprint density at radius 1 is 1.00 bits per heavy atom. The predicted octanol–water partition coefficient (Wildman–Crippen LogP) is 3.81. The molecule has 0 fully saturated rings. The lowest BCUT2D eigenvalue weighted by Crippen LogP contribution is -1.94. The molecule has 0 atom stereocenters. The van der Waals surface area contributed by atoms with Gasteiger partial charge in [-0.05, 0) is 6.42 Å². The number of hydrogen-bond acceptors (Lipinski definition) is 1. The quantitative estimate of drug-likeness (QED) is 0.543. The molecule has 0 aliphatic carbocycles. The van der Waals surface area contributed by atoms with Gasteiger partial charge < -0.3 is 5.11 Å². The molecule has 0 aromatic carbocycles. The summed E-state index contributed by atoms with van der Waals surface area (Å²) in [6.45, 7) is 2.22. The Labute approximate surface area is 87.7 Å². The van der Waals surface area contributed by atoms with Crippen molar-refractivity contribution in [2.45, 2.75) is 64.7 Å². The molecule has 2 nitrogen and oxygen atoms in total. The van der Waals surface area contributed by atoms with Crippen LogP contribution in [0.3, 0.4) is 0 Å². The lowest BCUT2D eigenvalue weighted by molar-refractivity contribution is -0.133. The van der Waals surface area contributed by atoms with Crippen LogP contribution in [0.15, 0.2) is 0 Å². The molecule has 14 heavy (non-hydrogen) atoms. The zero-order chi connectivity index (χ0) is 10.6. The first-order valence-electron chi connectivity index (χ1n) is 5.83. The van der Waals surface area contributed by atoms with Crippen LogP contribution in [0.5, 0.6) is 0 Å². The Morgan fingerprint density at radius 2 is 1.50 bits per heavy atom. The molecule has 0 amide bonds. The van der Waals surface area contributed by atoms with E-state index in [1.165, 1.54) is 51.4 Å². The second kappa shape index (κ2) is 10.6. The molecular weight excluding hydrogens is 176 g/mol. The molecule has 0 unspecified atom stereocenters. The average Bonchev–Trinajstić information content (AvgIpc) is 2.15. The fraction of sp³-hybridized carbons (Fsp3) is 0.833. The number of carboxylic acids is 1. The third-order valence-corrected chi connectivity index (χ3v) is 2.38.